The van der Waals surface area contributed by atoms with Gasteiger partial charge >= 0.3 is 0 Å². The van der Waals surface area contributed by atoms with E-state index in [2.05, 4.69) is 10.4 Å². The van der Waals surface area contributed by atoms with Gasteiger partial charge in [0, 0.05) is 41.9 Å². The van der Waals surface area contributed by atoms with Gasteiger partial charge in [-0.25, -0.2) is 17.6 Å². The number of fused-ring (bicyclic) bond motifs is 2. The Morgan fingerprint density at radius 3 is 2.54 bits per heavy atom. The summed E-state index contributed by atoms with van der Waals surface area (Å²) in [6.07, 6.45) is 1.27. The number of aromatic nitrogens is 1. The number of nitrogens with one attached hydrogen (secondary N) is 1. The van der Waals surface area contributed by atoms with Crippen molar-refractivity contribution in [2.24, 2.45) is 0 Å². The second-order valence-corrected chi connectivity index (χ2v) is 9.10. The predicted molar refractivity (Wildman–Crippen MR) is 137 cm³/mol. The van der Waals surface area contributed by atoms with Gasteiger partial charge in [0.1, 0.15) is 24.0 Å². The monoisotopic (exact) mass is 538 g/mol. The highest BCUT2D eigenvalue weighted by Crippen LogP contribution is 2.39. The summed E-state index contributed by atoms with van der Waals surface area (Å²) in [5.74, 6) is -4.67. The molecular weight excluding hydrogens is 516 g/mol. The highest BCUT2D eigenvalue weighted by atomic mass is 19.2. The molecule has 2 aliphatic rings. The number of carbonyl (C=O) groups excluding carboxylic acids is 1. The molecule has 3 aromatic carbocycles. The summed E-state index contributed by atoms with van der Waals surface area (Å²) in [6, 6.07) is 10.9. The summed E-state index contributed by atoms with van der Waals surface area (Å²) in [7, 11) is 0. The Balaban J connectivity index is 1.50. The van der Waals surface area contributed by atoms with E-state index in [0.29, 0.717) is 68.0 Å². The van der Waals surface area contributed by atoms with Gasteiger partial charge in [0.05, 0.1) is 42.2 Å². The largest absolute Gasteiger partial charge is 0.489 e. The Labute approximate surface area is 220 Å². The van der Waals surface area contributed by atoms with Crippen LogP contribution in [-0.4, -0.2) is 50.3 Å². The first-order valence-corrected chi connectivity index (χ1v) is 12.3. The van der Waals surface area contributed by atoms with Crippen LogP contribution >= 0.6 is 0 Å². The number of carbonyl (C=O) groups is 1. The maximum absolute atomic E-state index is 15.1. The molecule has 1 saturated heterocycles. The van der Waals surface area contributed by atoms with Crippen molar-refractivity contribution in [3.05, 3.63) is 83.6 Å². The zero-order valence-electron chi connectivity index (χ0n) is 20.5. The van der Waals surface area contributed by atoms with Crippen LogP contribution in [0.3, 0.4) is 0 Å². The van der Waals surface area contributed by atoms with Crippen molar-refractivity contribution in [1.82, 2.24) is 10.4 Å². The first kappa shape index (κ1) is 24.9. The third kappa shape index (κ3) is 4.48. The lowest BCUT2D eigenvalue weighted by Gasteiger charge is -2.33. The number of halogens is 4. The number of ether oxygens (including phenoxy) is 2. The molecule has 0 radical (unpaired) electrons. The van der Waals surface area contributed by atoms with E-state index >= 15 is 4.39 Å². The van der Waals surface area contributed by atoms with Gasteiger partial charge in [0.15, 0.2) is 11.6 Å². The molecule has 3 heterocycles. The van der Waals surface area contributed by atoms with Crippen LogP contribution in [0.5, 0.6) is 5.75 Å². The van der Waals surface area contributed by atoms with E-state index in [4.69, 9.17) is 9.47 Å². The topological polar surface area (TPSA) is 66.9 Å². The maximum Gasteiger partial charge on any atom is 0.273 e. The van der Waals surface area contributed by atoms with Gasteiger partial charge in [-0.2, -0.15) is 0 Å². The third-order valence-corrected chi connectivity index (χ3v) is 6.76. The molecule has 1 amide bonds. The first-order chi connectivity index (χ1) is 18.9. The minimum absolute atomic E-state index is 0.0336. The lowest BCUT2D eigenvalue weighted by atomic mass is 9.97. The van der Waals surface area contributed by atoms with Crippen LogP contribution in [0.15, 0.2) is 54.7 Å². The number of hydrogen-bond acceptors (Lipinski definition) is 6. The second-order valence-electron chi connectivity index (χ2n) is 9.10. The van der Waals surface area contributed by atoms with Crippen molar-refractivity contribution in [2.75, 3.05) is 49.4 Å². The third-order valence-electron chi connectivity index (χ3n) is 6.76. The average molecular weight is 539 g/mol. The van der Waals surface area contributed by atoms with Crippen LogP contribution in [0.2, 0.25) is 0 Å². The summed E-state index contributed by atoms with van der Waals surface area (Å²) >= 11 is 0. The molecule has 0 unspecified atom stereocenters. The molecule has 0 spiro atoms. The molecule has 0 atom stereocenters. The van der Waals surface area contributed by atoms with Crippen molar-refractivity contribution >= 4 is 28.2 Å². The summed E-state index contributed by atoms with van der Waals surface area (Å²) in [4.78, 5) is 19.9. The fourth-order valence-corrected chi connectivity index (χ4v) is 4.98. The molecule has 7 nitrogen and oxygen atoms in total. The lowest BCUT2D eigenvalue weighted by molar-refractivity contribution is 0.0943. The molecule has 39 heavy (non-hydrogen) atoms. The van der Waals surface area contributed by atoms with Crippen LogP contribution in [0, 0.1) is 23.3 Å². The maximum atomic E-state index is 15.1. The molecule has 2 aliphatic heterocycles. The molecule has 4 aromatic rings. The van der Waals surface area contributed by atoms with Gasteiger partial charge in [-0.1, -0.05) is 12.1 Å². The molecule has 0 bridgehead atoms. The molecule has 0 saturated carbocycles. The number of morpholine rings is 1. The number of nitrogens with zero attached hydrogens (tertiary/aromatic N) is 3. The zero-order valence-corrected chi connectivity index (χ0v) is 20.5. The van der Waals surface area contributed by atoms with Crippen LogP contribution < -0.4 is 20.1 Å². The zero-order chi connectivity index (χ0) is 27.1. The van der Waals surface area contributed by atoms with Crippen molar-refractivity contribution in [1.29, 1.82) is 0 Å². The normalized spacial score (nSPS) is 15.2. The van der Waals surface area contributed by atoms with E-state index < -0.39 is 40.3 Å². The van der Waals surface area contributed by atoms with Crippen LogP contribution in [0.25, 0.3) is 22.0 Å². The van der Waals surface area contributed by atoms with E-state index in [9.17, 15) is 18.0 Å². The molecule has 6 rings (SSSR count). The van der Waals surface area contributed by atoms with E-state index in [-0.39, 0.29) is 11.1 Å². The number of rotatable bonds is 4. The Bertz CT molecular complexity index is 1590. The van der Waals surface area contributed by atoms with Gasteiger partial charge in [-0.15, -0.1) is 0 Å². The molecule has 200 valence electrons. The van der Waals surface area contributed by atoms with Gasteiger partial charge in [0.25, 0.3) is 5.91 Å². The van der Waals surface area contributed by atoms with Gasteiger partial charge < -0.3 is 14.4 Å². The van der Waals surface area contributed by atoms with Crippen LogP contribution in [-0.2, 0) is 4.74 Å². The van der Waals surface area contributed by atoms with Gasteiger partial charge in [0.2, 0.25) is 0 Å². The SMILES string of the molecule is O=C(NN1CCOc2ccccc21)c1cnc2c(-c3cc(F)cc(F)c3F)c(F)ccc2c1N1CCOCC1. The Hall–Kier alpha value is -4.38. The number of hydrazine groups is 1. The van der Waals surface area contributed by atoms with E-state index in [1.54, 1.807) is 11.1 Å². The minimum atomic E-state index is -1.45. The predicted octanol–water partition coefficient (Wildman–Crippen LogP) is 4.84. The highest BCUT2D eigenvalue weighted by Gasteiger charge is 2.28. The van der Waals surface area contributed by atoms with Crippen molar-refractivity contribution in [2.45, 2.75) is 0 Å². The minimum Gasteiger partial charge on any atom is -0.489 e. The summed E-state index contributed by atoms with van der Waals surface area (Å²) in [5.41, 5.74) is 3.18. The Morgan fingerprint density at radius 1 is 0.923 bits per heavy atom. The molecule has 11 heteroatoms. The molecule has 1 fully saturated rings. The fourth-order valence-electron chi connectivity index (χ4n) is 4.98. The fraction of sp³-hybridized carbons (Fsp3) is 0.214. The number of pyridine rings is 1. The number of anilines is 2. The van der Waals surface area contributed by atoms with Gasteiger partial charge in [-0.05, 0) is 30.3 Å². The Kier molecular flexibility index (Phi) is 6.43. The van der Waals surface area contributed by atoms with Gasteiger partial charge in [-0.3, -0.25) is 20.2 Å². The lowest BCUT2D eigenvalue weighted by Crippen LogP contribution is -2.47. The molecule has 1 aromatic heterocycles. The summed E-state index contributed by atoms with van der Waals surface area (Å²) in [5, 5.41) is 2.00. The number of benzene rings is 3. The van der Waals surface area contributed by atoms with E-state index in [1.165, 1.54) is 12.3 Å². The summed E-state index contributed by atoms with van der Waals surface area (Å²) < 4.78 is 69.2. The smallest absolute Gasteiger partial charge is 0.273 e. The Morgan fingerprint density at radius 2 is 1.72 bits per heavy atom. The molecule has 0 aliphatic carbocycles. The summed E-state index contributed by atoms with van der Waals surface area (Å²) in [6.45, 7) is 2.39. The molecular formula is C28H22F4N4O3. The van der Waals surface area contributed by atoms with E-state index in [0.717, 1.165) is 12.1 Å². The standard InChI is InChI=1S/C28H22F4N4O3/c29-16-13-18(25(32)21(31)14-16)24-20(30)6-5-17-26(24)33-15-19(27(17)35-7-10-38-11-8-35)28(37)34-36-9-12-39-23-4-2-1-3-22(23)36/h1-6,13-15H,7-12H2,(H,34,37). The van der Waals surface area contributed by atoms with Crippen molar-refractivity contribution in [3.8, 4) is 16.9 Å². The van der Waals surface area contributed by atoms with Crippen molar-refractivity contribution in [3.63, 3.8) is 0 Å². The second kappa shape index (κ2) is 10.1. The van der Waals surface area contributed by atoms with Crippen molar-refractivity contribution < 1.29 is 31.8 Å². The number of para-hydroxylation sites is 2. The average Bonchev–Trinajstić information content (AvgIpc) is 2.95. The quantitative estimate of drug-likeness (QED) is 0.297. The van der Waals surface area contributed by atoms with Crippen LogP contribution in [0.1, 0.15) is 10.4 Å². The number of amides is 1. The van der Waals surface area contributed by atoms with E-state index in [1.807, 2.05) is 23.1 Å². The molecule has 1 N–H and O–H groups in total. The first-order valence-electron chi connectivity index (χ1n) is 12.3. The highest BCUT2D eigenvalue weighted by molar-refractivity contribution is 6.10. The number of hydrogen-bond donors (Lipinski definition) is 1. The van der Waals surface area contributed by atoms with Crippen LogP contribution in [0.4, 0.5) is 28.9 Å².